The minimum atomic E-state index is -0.0421. The third-order valence-electron chi connectivity index (χ3n) is 4.92. The van der Waals surface area contributed by atoms with Crippen LogP contribution < -0.4 is 4.90 Å². The number of benzene rings is 1. The number of piperazine rings is 1. The Labute approximate surface area is 169 Å². The van der Waals surface area contributed by atoms with Crippen molar-refractivity contribution in [3.8, 4) is 0 Å². The van der Waals surface area contributed by atoms with E-state index in [4.69, 9.17) is 27.9 Å². The second-order valence-corrected chi connectivity index (χ2v) is 7.59. The molecule has 27 heavy (non-hydrogen) atoms. The fraction of sp³-hybridized carbons (Fsp3) is 0.474. The Kier molecular flexibility index (Phi) is 7.13. The molecule has 0 spiro atoms. The molecule has 2 aliphatic heterocycles. The zero-order valence-corrected chi connectivity index (χ0v) is 16.6. The highest BCUT2D eigenvalue weighted by Crippen LogP contribution is 2.22. The summed E-state index contributed by atoms with van der Waals surface area (Å²) < 4.78 is 5.28. The lowest BCUT2D eigenvalue weighted by molar-refractivity contribution is -0.896. The summed E-state index contributed by atoms with van der Waals surface area (Å²) >= 11 is 12.0. The van der Waals surface area contributed by atoms with Gasteiger partial charge in [0, 0.05) is 29.2 Å². The fourth-order valence-corrected chi connectivity index (χ4v) is 3.73. The van der Waals surface area contributed by atoms with Crippen molar-refractivity contribution in [1.29, 1.82) is 0 Å². The van der Waals surface area contributed by atoms with Gasteiger partial charge in [0.1, 0.15) is 0 Å². The van der Waals surface area contributed by atoms with Crippen LogP contribution in [0.2, 0.25) is 10.0 Å². The zero-order chi connectivity index (χ0) is 19.2. The number of amides is 2. The van der Waals surface area contributed by atoms with E-state index in [0.717, 1.165) is 18.7 Å². The van der Waals surface area contributed by atoms with Crippen LogP contribution in [-0.4, -0.2) is 80.6 Å². The number of nitrogens with one attached hydrogen (secondary N) is 1. The first kappa shape index (κ1) is 20.1. The molecule has 2 aliphatic rings. The normalized spacial score (nSPS) is 18.9. The van der Waals surface area contributed by atoms with Crippen molar-refractivity contribution in [3.63, 3.8) is 0 Å². The molecular formula is C19H24Cl2N3O3+. The maximum atomic E-state index is 12.4. The zero-order valence-electron chi connectivity index (χ0n) is 15.1. The summed E-state index contributed by atoms with van der Waals surface area (Å²) in [5.41, 5.74) is 0.759. The van der Waals surface area contributed by atoms with Gasteiger partial charge in [0.25, 0.3) is 5.91 Å². The van der Waals surface area contributed by atoms with E-state index in [1.54, 1.807) is 30.4 Å². The second-order valence-electron chi connectivity index (χ2n) is 6.74. The summed E-state index contributed by atoms with van der Waals surface area (Å²) in [6, 6.07) is 5.18. The maximum absolute atomic E-state index is 12.4. The van der Waals surface area contributed by atoms with E-state index in [2.05, 4.69) is 0 Å². The smallest absolute Gasteiger partial charge is 0.277 e. The van der Waals surface area contributed by atoms with Gasteiger partial charge in [-0.05, 0) is 23.8 Å². The quantitative estimate of drug-likeness (QED) is 0.736. The molecule has 0 radical (unpaired) electrons. The van der Waals surface area contributed by atoms with Crippen LogP contribution in [0.1, 0.15) is 5.56 Å². The topological polar surface area (TPSA) is 54.3 Å². The van der Waals surface area contributed by atoms with Crippen molar-refractivity contribution in [2.24, 2.45) is 0 Å². The van der Waals surface area contributed by atoms with Crippen LogP contribution in [0.15, 0.2) is 24.3 Å². The van der Waals surface area contributed by atoms with Gasteiger partial charge in [0.2, 0.25) is 5.91 Å². The Balaban J connectivity index is 1.46. The van der Waals surface area contributed by atoms with Crippen LogP contribution in [0.3, 0.4) is 0 Å². The van der Waals surface area contributed by atoms with Crippen LogP contribution in [0.5, 0.6) is 0 Å². The highest BCUT2D eigenvalue weighted by molar-refractivity contribution is 6.35. The van der Waals surface area contributed by atoms with Crippen molar-refractivity contribution in [1.82, 2.24) is 9.80 Å². The van der Waals surface area contributed by atoms with E-state index in [0.29, 0.717) is 56.0 Å². The molecule has 0 bridgehead atoms. The second kappa shape index (κ2) is 9.55. The van der Waals surface area contributed by atoms with Gasteiger partial charge in [-0.15, -0.1) is 0 Å². The minimum absolute atomic E-state index is 0.0421. The summed E-state index contributed by atoms with van der Waals surface area (Å²) in [5, 5.41) is 1.08. The molecule has 3 rings (SSSR count). The molecule has 1 N–H and O–H groups in total. The van der Waals surface area contributed by atoms with Crippen molar-refractivity contribution >= 4 is 41.1 Å². The molecule has 2 fully saturated rings. The number of carbonyl (C=O) groups excluding carboxylic acids is 2. The van der Waals surface area contributed by atoms with Crippen molar-refractivity contribution in [2.45, 2.75) is 0 Å². The van der Waals surface area contributed by atoms with Crippen molar-refractivity contribution in [2.75, 3.05) is 59.0 Å². The summed E-state index contributed by atoms with van der Waals surface area (Å²) in [5.74, 6) is 0.130. The van der Waals surface area contributed by atoms with E-state index in [1.807, 2.05) is 9.80 Å². The number of halogens is 2. The van der Waals surface area contributed by atoms with E-state index in [-0.39, 0.29) is 11.8 Å². The Morgan fingerprint density at radius 1 is 1.07 bits per heavy atom. The van der Waals surface area contributed by atoms with Gasteiger partial charge < -0.3 is 19.4 Å². The SMILES string of the molecule is O=C(/C=C/c1ccc(Cl)cc1Cl)N1CC[NH+](CC(=O)N2CCOCC2)CC1. The highest BCUT2D eigenvalue weighted by atomic mass is 35.5. The number of carbonyl (C=O) groups is 2. The number of quaternary nitrogens is 1. The van der Waals surface area contributed by atoms with Crippen molar-refractivity contribution < 1.29 is 19.2 Å². The van der Waals surface area contributed by atoms with Gasteiger partial charge in [0.05, 0.1) is 39.4 Å². The van der Waals surface area contributed by atoms with Gasteiger partial charge >= 0.3 is 0 Å². The number of hydrogen-bond donors (Lipinski definition) is 1. The van der Waals surface area contributed by atoms with Crippen LogP contribution in [0.25, 0.3) is 6.08 Å². The lowest BCUT2D eigenvalue weighted by atomic mass is 10.2. The molecule has 0 atom stereocenters. The molecule has 2 heterocycles. The molecule has 2 amide bonds. The monoisotopic (exact) mass is 412 g/mol. The largest absolute Gasteiger partial charge is 0.378 e. The van der Waals surface area contributed by atoms with E-state index in [1.165, 1.54) is 4.90 Å². The number of nitrogens with zero attached hydrogens (tertiary/aromatic N) is 2. The summed E-state index contributed by atoms with van der Waals surface area (Å²) in [7, 11) is 0. The molecule has 6 nitrogen and oxygen atoms in total. The lowest BCUT2D eigenvalue weighted by Crippen LogP contribution is -3.15. The summed E-state index contributed by atoms with van der Waals surface area (Å²) in [6.07, 6.45) is 3.25. The third-order valence-corrected chi connectivity index (χ3v) is 5.48. The van der Waals surface area contributed by atoms with Gasteiger partial charge in [-0.1, -0.05) is 29.3 Å². The molecule has 1 aromatic rings. The molecule has 8 heteroatoms. The Morgan fingerprint density at radius 2 is 1.78 bits per heavy atom. The average molecular weight is 413 g/mol. The Bertz CT molecular complexity index is 712. The average Bonchev–Trinajstić information content (AvgIpc) is 2.68. The summed E-state index contributed by atoms with van der Waals surface area (Å²) in [4.78, 5) is 29.6. The predicted octanol–water partition coefficient (Wildman–Crippen LogP) is 0.593. The number of ether oxygens (including phenoxy) is 1. The number of hydrogen-bond acceptors (Lipinski definition) is 3. The fourth-order valence-electron chi connectivity index (χ4n) is 3.26. The van der Waals surface area contributed by atoms with Gasteiger partial charge in [-0.3, -0.25) is 9.59 Å². The Morgan fingerprint density at radius 3 is 2.44 bits per heavy atom. The first-order valence-corrected chi connectivity index (χ1v) is 9.89. The molecule has 2 saturated heterocycles. The third kappa shape index (κ3) is 5.69. The molecule has 146 valence electrons. The van der Waals surface area contributed by atoms with Crippen LogP contribution in [-0.2, 0) is 14.3 Å². The van der Waals surface area contributed by atoms with Gasteiger partial charge in [-0.2, -0.15) is 0 Å². The molecule has 1 aromatic carbocycles. The standard InChI is InChI=1S/C19H23Cl2N3O3/c20-16-3-1-15(17(21)13-16)2-4-18(25)23-7-5-22(6-8-23)14-19(26)24-9-11-27-12-10-24/h1-4,13H,5-12,14H2/p+1/b4-2+. The van der Waals surface area contributed by atoms with E-state index < -0.39 is 0 Å². The van der Waals surface area contributed by atoms with Crippen LogP contribution in [0, 0.1) is 0 Å². The lowest BCUT2D eigenvalue weighted by Gasteiger charge is -2.33. The summed E-state index contributed by atoms with van der Waals surface area (Å²) in [6.45, 7) is 5.91. The van der Waals surface area contributed by atoms with Gasteiger partial charge in [-0.25, -0.2) is 0 Å². The van der Waals surface area contributed by atoms with Crippen LogP contribution >= 0.6 is 23.2 Å². The highest BCUT2D eigenvalue weighted by Gasteiger charge is 2.26. The predicted molar refractivity (Wildman–Crippen MR) is 105 cm³/mol. The van der Waals surface area contributed by atoms with E-state index >= 15 is 0 Å². The Hall–Kier alpha value is -1.60. The van der Waals surface area contributed by atoms with Crippen LogP contribution in [0.4, 0.5) is 0 Å². The molecular weight excluding hydrogens is 389 g/mol. The number of rotatable bonds is 4. The maximum Gasteiger partial charge on any atom is 0.277 e. The van der Waals surface area contributed by atoms with E-state index in [9.17, 15) is 9.59 Å². The van der Waals surface area contributed by atoms with Crippen molar-refractivity contribution in [3.05, 3.63) is 39.9 Å². The first-order chi connectivity index (χ1) is 13.0. The molecule has 0 aliphatic carbocycles. The molecule has 0 unspecified atom stereocenters. The first-order valence-electron chi connectivity index (χ1n) is 9.14. The number of morpholine rings is 1. The minimum Gasteiger partial charge on any atom is -0.378 e. The molecule has 0 saturated carbocycles. The van der Waals surface area contributed by atoms with Gasteiger partial charge in [0.15, 0.2) is 6.54 Å². The molecule has 0 aromatic heterocycles.